The van der Waals surface area contributed by atoms with Gasteiger partial charge in [0.05, 0.1) is 0 Å². The van der Waals surface area contributed by atoms with Gasteiger partial charge in [-0.3, -0.25) is 9.59 Å². The predicted octanol–water partition coefficient (Wildman–Crippen LogP) is 2.36. The first-order valence-electron chi connectivity index (χ1n) is 7.17. The van der Waals surface area contributed by atoms with E-state index in [0.29, 0.717) is 24.9 Å². The van der Waals surface area contributed by atoms with Crippen molar-refractivity contribution in [1.29, 1.82) is 0 Å². The van der Waals surface area contributed by atoms with E-state index in [2.05, 4.69) is 5.32 Å². The van der Waals surface area contributed by atoms with Crippen LogP contribution in [0.5, 0.6) is 0 Å². The molecule has 0 bridgehead atoms. The van der Waals surface area contributed by atoms with Crippen molar-refractivity contribution >= 4 is 11.8 Å². The fraction of sp³-hybridized carbons (Fsp3) is 0.467. The summed E-state index contributed by atoms with van der Waals surface area (Å²) in [5.41, 5.74) is 0.316. The summed E-state index contributed by atoms with van der Waals surface area (Å²) in [5.74, 6) is -2.61. The molecule has 1 fully saturated rings. The molecule has 0 spiro atoms. The van der Waals surface area contributed by atoms with Crippen molar-refractivity contribution in [3.63, 3.8) is 0 Å². The molecule has 1 aliphatic rings. The molecule has 126 valence electrons. The number of piperidine rings is 1. The number of hydrogen-bond donors (Lipinski definition) is 1. The summed E-state index contributed by atoms with van der Waals surface area (Å²) in [6, 6.07) is 5.07. The lowest BCUT2D eigenvalue weighted by molar-refractivity contribution is -0.186. The van der Waals surface area contributed by atoms with Gasteiger partial charge in [-0.05, 0) is 43.0 Å². The van der Waals surface area contributed by atoms with Gasteiger partial charge in [0.25, 0.3) is 5.91 Å². The Hall–Kier alpha value is -2.12. The van der Waals surface area contributed by atoms with Crippen LogP contribution >= 0.6 is 0 Å². The van der Waals surface area contributed by atoms with E-state index < -0.39 is 17.9 Å². The van der Waals surface area contributed by atoms with Gasteiger partial charge in [0.2, 0.25) is 0 Å². The van der Waals surface area contributed by atoms with Crippen LogP contribution in [0.4, 0.5) is 17.6 Å². The summed E-state index contributed by atoms with van der Waals surface area (Å²) < 4.78 is 49.7. The molecule has 0 atom stereocenters. The molecular formula is C15H16F4N2O2. The summed E-state index contributed by atoms with van der Waals surface area (Å²) in [7, 11) is 0. The molecule has 1 aliphatic heterocycles. The molecule has 2 amide bonds. The van der Waals surface area contributed by atoms with Gasteiger partial charge in [0, 0.05) is 25.2 Å². The first-order chi connectivity index (χ1) is 10.8. The summed E-state index contributed by atoms with van der Waals surface area (Å²) >= 11 is 0. The molecule has 4 nitrogen and oxygen atoms in total. The number of likely N-dealkylation sites (tertiary alicyclic amines) is 1. The van der Waals surface area contributed by atoms with Gasteiger partial charge in [0.15, 0.2) is 0 Å². The number of alkyl halides is 3. The van der Waals surface area contributed by atoms with Crippen molar-refractivity contribution in [3.05, 3.63) is 35.6 Å². The third-order valence-electron chi connectivity index (χ3n) is 3.80. The Morgan fingerprint density at radius 2 is 1.70 bits per heavy atom. The Morgan fingerprint density at radius 3 is 2.22 bits per heavy atom. The van der Waals surface area contributed by atoms with Gasteiger partial charge >= 0.3 is 12.1 Å². The largest absolute Gasteiger partial charge is 0.471 e. The van der Waals surface area contributed by atoms with Crippen LogP contribution in [0.25, 0.3) is 0 Å². The van der Waals surface area contributed by atoms with E-state index in [1.807, 2.05) is 0 Å². The zero-order valence-corrected chi connectivity index (χ0v) is 12.2. The number of rotatable bonds is 3. The maximum atomic E-state index is 12.8. The van der Waals surface area contributed by atoms with Crippen molar-refractivity contribution in [2.75, 3.05) is 19.6 Å². The summed E-state index contributed by atoms with van der Waals surface area (Å²) in [6.45, 7) is 0.356. The van der Waals surface area contributed by atoms with E-state index >= 15 is 0 Å². The van der Waals surface area contributed by atoms with Crippen LogP contribution in [0, 0.1) is 11.7 Å². The standard InChI is InChI=1S/C15H16F4N2O2/c16-12-3-1-11(2-4-12)13(22)20-9-10-5-7-21(8-6-10)14(23)15(17,18)19/h1-4,10H,5-9H2,(H,20,22). The molecule has 0 unspecified atom stereocenters. The molecular weight excluding hydrogens is 316 g/mol. The normalized spacial score (nSPS) is 16.3. The van der Waals surface area contributed by atoms with Gasteiger partial charge in [-0.15, -0.1) is 0 Å². The first-order valence-corrected chi connectivity index (χ1v) is 7.17. The molecule has 1 saturated heterocycles. The highest BCUT2D eigenvalue weighted by Crippen LogP contribution is 2.23. The molecule has 1 heterocycles. The quantitative estimate of drug-likeness (QED) is 0.864. The Morgan fingerprint density at radius 1 is 1.13 bits per heavy atom. The number of benzene rings is 1. The SMILES string of the molecule is O=C(NCC1CCN(C(=O)C(F)(F)F)CC1)c1ccc(F)cc1. The number of hydrogen-bond acceptors (Lipinski definition) is 2. The molecule has 0 aliphatic carbocycles. The molecule has 0 aromatic heterocycles. The summed E-state index contributed by atoms with van der Waals surface area (Å²) in [4.78, 5) is 23.8. The highest BCUT2D eigenvalue weighted by Gasteiger charge is 2.43. The minimum absolute atomic E-state index is 0.0108. The van der Waals surface area contributed by atoms with Crippen LogP contribution in [0.2, 0.25) is 0 Å². The van der Waals surface area contributed by atoms with E-state index in [9.17, 15) is 27.2 Å². The first kappa shape index (κ1) is 17.2. The Bertz CT molecular complexity index is 564. The highest BCUT2D eigenvalue weighted by atomic mass is 19.4. The Balaban J connectivity index is 1.77. The number of halogens is 4. The van der Waals surface area contributed by atoms with E-state index in [-0.39, 0.29) is 24.9 Å². The molecule has 1 N–H and O–H groups in total. The zero-order chi connectivity index (χ0) is 17.0. The van der Waals surface area contributed by atoms with Crippen LogP contribution in [-0.2, 0) is 4.79 Å². The fourth-order valence-corrected chi connectivity index (χ4v) is 2.46. The average molecular weight is 332 g/mol. The van der Waals surface area contributed by atoms with E-state index in [4.69, 9.17) is 0 Å². The van der Waals surface area contributed by atoms with Crippen LogP contribution in [0.3, 0.4) is 0 Å². The van der Waals surface area contributed by atoms with E-state index in [1.54, 1.807) is 0 Å². The lowest BCUT2D eigenvalue weighted by Crippen LogP contribution is -2.46. The lowest BCUT2D eigenvalue weighted by atomic mass is 9.96. The van der Waals surface area contributed by atoms with Crippen molar-refractivity contribution in [1.82, 2.24) is 10.2 Å². The molecule has 23 heavy (non-hydrogen) atoms. The molecule has 1 aromatic rings. The van der Waals surface area contributed by atoms with E-state index in [1.165, 1.54) is 24.3 Å². The number of carbonyl (C=O) groups excluding carboxylic acids is 2. The van der Waals surface area contributed by atoms with Crippen LogP contribution < -0.4 is 5.32 Å². The molecule has 8 heteroatoms. The third-order valence-corrected chi connectivity index (χ3v) is 3.80. The second-order valence-corrected chi connectivity index (χ2v) is 5.45. The summed E-state index contributed by atoms with van der Waals surface area (Å²) in [5, 5.41) is 2.68. The Kier molecular flexibility index (Phi) is 5.23. The van der Waals surface area contributed by atoms with Gasteiger partial charge < -0.3 is 10.2 Å². The van der Waals surface area contributed by atoms with Gasteiger partial charge in [0.1, 0.15) is 5.82 Å². The number of carbonyl (C=O) groups is 2. The second kappa shape index (κ2) is 6.97. The van der Waals surface area contributed by atoms with Crippen LogP contribution in [0.1, 0.15) is 23.2 Å². The highest BCUT2D eigenvalue weighted by molar-refractivity contribution is 5.94. The predicted molar refractivity (Wildman–Crippen MR) is 74.1 cm³/mol. The van der Waals surface area contributed by atoms with Crippen LogP contribution in [-0.4, -0.2) is 42.5 Å². The number of amides is 2. The zero-order valence-electron chi connectivity index (χ0n) is 12.2. The van der Waals surface area contributed by atoms with Crippen molar-refractivity contribution in [3.8, 4) is 0 Å². The lowest BCUT2D eigenvalue weighted by Gasteiger charge is -2.32. The smallest absolute Gasteiger partial charge is 0.352 e. The van der Waals surface area contributed by atoms with Gasteiger partial charge in [-0.25, -0.2) is 4.39 Å². The van der Waals surface area contributed by atoms with Crippen molar-refractivity contribution < 1.29 is 27.2 Å². The molecule has 2 rings (SSSR count). The minimum atomic E-state index is -4.84. The minimum Gasteiger partial charge on any atom is -0.352 e. The molecule has 0 saturated carbocycles. The monoisotopic (exact) mass is 332 g/mol. The molecule has 1 aromatic carbocycles. The molecule has 0 radical (unpaired) electrons. The van der Waals surface area contributed by atoms with E-state index in [0.717, 1.165) is 4.90 Å². The van der Waals surface area contributed by atoms with Crippen molar-refractivity contribution in [2.45, 2.75) is 19.0 Å². The topological polar surface area (TPSA) is 49.4 Å². The third kappa shape index (κ3) is 4.67. The second-order valence-electron chi connectivity index (χ2n) is 5.45. The van der Waals surface area contributed by atoms with Gasteiger partial charge in [-0.2, -0.15) is 13.2 Å². The van der Waals surface area contributed by atoms with Gasteiger partial charge in [-0.1, -0.05) is 0 Å². The van der Waals surface area contributed by atoms with Crippen LogP contribution in [0.15, 0.2) is 24.3 Å². The Labute approximate surface area is 130 Å². The maximum Gasteiger partial charge on any atom is 0.471 e. The van der Waals surface area contributed by atoms with Crippen molar-refractivity contribution in [2.24, 2.45) is 5.92 Å². The summed E-state index contributed by atoms with van der Waals surface area (Å²) in [6.07, 6.45) is -4.05. The number of nitrogens with zero attached hydrogens (tertiary/aromatic N) is 1. The fourth-order valence-electron chi connectivity index (χ4n) is 2.46. The number of nitrogens with one attached hydrogen (secondary N) is 1. The average Bonchev–Trinajstić information content (AvgIpc) is 2.52. The maximum absolute atomic E-state index is 12.8.